The Labute approximate surface area is 223 Å². The first-order valence-electron chi connectivity index (χ1n) is 12.3. The third-order valence-corrected chi connectivity index (χ3v) is 6.42. The summed E-state index contributed by atoms with van der Waals surface area (Å²) in [5.41, 5.74) is 3.76. The van der Waals surface area contributed by atoms with Crippen molar-refractivity contribution < 1.29 is 18.0 Å². The molecule has 1 aliphatic heterocycles. The van der Waals surface area contributed by atoms with Crippen LogP contribution >= 0.6 is 0 Å². The lowest BCUT2D eigenvalue weighted by Crippen LogP contribution is -2.56. The first kappa shape index (κ1) is 26.1. The molecule has 11 heteroatoms. The number of halogens is 3. The molecule has 4 aromatic rings. The molecule has 2 N–H and O–H groups in total. The fourth-order valence-corrected chi connectivity index (χ4v) is 4.45. The maximum atomic E-state index is 14.7. The molecular weight excluding hydrogens is 507 g/mol. The Bertz CT molecular complexity index is 1480. The molecule has 0 spiro atoms. The standard InChI is InChI=1S/C28H26F3N7O/c1-2-23(39)34-21-5-3-4-18(16-21)24-25-19(10-12-32-24)17-33-28(36-25)35-20-6-8-22(9-7-20)38-15-14-37(13-11-29)26(30)27(38)31/h2-10,12,16-17,26-27H,1,11,13-15H2,(H,34,39)(H,33,35,36). The van der Waals surface area contributed by atoms with Gasteiger partial charge in [0.05, 0.1) is 5.69 Å². The minimum atomic E-state index is -1.89. The highest BCUT2D eigenvalue weighted by molar-refractivity contribution is 5.99. The van der Waals surface area contributed by atoms with Gasteiger partial charge in [-0.2, -0.15) is 0 Å². The molecule has 200 valence electrons. The molecule has 1 amide bonds. The Morgan fingerprint density at radius 3 is 2.64 bits per heavy atom. The second-order valence-electron chi connectivity index (χ2n) is 8.90. The monoisotopic (exact) mass is 533 g/mol. The van der Waals surface area contributed by atoms with Crippen LogP contribution in [0.5, 0.6) is 0 Å². The van der Waals surface area contributed by atoms with Crippen LogP contribution in [0.25, 0.3) is 22.2 Å². The highest BCUT2D eigenvalue weighted by Gasteiger charge is 2.36. The van der Waals surface area contributed by atoms with Gasteiger partial charge in [-0.3, -0.25) is 14.7 Å². The van der Waals surface area contributed by atoms with E-state index >= 15 is 0 Å². The lowest BCUT2D eigenvalue weighted by atomic mass is 10.1. The first-order chi connectivity index (χ1) is 19.0. The van der Waals surface area contributed by atoms with Crippen LogP contribution in [0.4, 0.5) is 36.2 Å². The van der Waals surface area contributed by atoms with E-state index in [1.165, 1.54) is 15.9 Å². The second kappa shape index (κ2) is 11.5. The summed E-state index contributed by atoms with van der Waals surface area (Å²) in [6.45, 7) is 3.10. The summed E-state index contributed by atoms with van der Waals surface area (Å²) in [7, 11) is 0. The molecule has 5 rings (SSSR count). The van der Waals surface area contributed by atoms with Crippen molar-refractivity contribution in [3.63, 3.8) is 0 Å². The van der Waals surface area contributed by atoms with Crippen LogP contribution < -0.4 is 15.5 Å². The predicted molar refractivity (Wildman–Crippen MR) is 146 cm³/mol. The van der Waals surface area contributed by atoms with Crippen molar-refractivity contribution >= 4 is 39.8 Å². The number of alkyl halides is 3. The normalized spacial score (nSPS) is 17.7. The summed E-state index contributed by atoms with van der Waals surface area (Å²) < 4.78 is 41.7. The van der Waals surface area contributed by atoms with E-state index in [4.69, 9.17) is 0 Å². The first-order valence-corrected chi connectivity index (χ1v) is 12.3. The quantitative estimate of drug-likeness (QED) is 0.237. The summed E-state index contributed by atoms with van der Waals surface area (Å²) in [5, 5.41) is 6.66. The number of nitrogens with zero attached hydrogens (tertiary/aromatic N) is 5. The van der Waals surface area contributed by atoms with Crippen molar-refractivity contribution in [3.8, 4) is 11.3 Å². The number of carbonyl (C=O) groups is 1. The zero-order valence-electron chi connectivity index (χ0n) is 20.9. The van der Waals surface area contributed by atoms with E-state index < -0.39 is 19.3 Å². The molecule has 8 nitrogen and oxygen atoms in total. The van der Waals surface area contributed by atoms with Crippen molar-refractivity contribution in [2.75, 3.05) is 41.8 Å². The van der Waals surface area contributed by atoms with E-state index in [2.05, 4.69) is 32.2 Å². The Balaban J connectivity index is 1.36. The van der Waals surface area contributed by atoms with Crippen LogP contribution in [0.15, 0.2) is 79.6 Å². The molecule has 0 aliphatic carbocycles. The smallest absolute Gasteiger partial charge is 0.247 e. The van der Waals surface area contributed by atoms with Gasteiger partial charge in [0.1, 0.15) is 12.2 Å². The van der Waals surface area contributed by atoms with Crippen LogP contribution in [0.3, 0.4) is 0 Å². The molecule has 1 saturated heterocycles. The minimum absolute atomic E-state index is 0.126. The number of nitrogens with one attached hydrogen (secondary N) is 2. The maximum Gasteiger partial charge on any atom is 0.247 e. The fourth-order valence-electron chi connectivity index (χ4n) is 4.45. The van der Waals surface area contributed by atoms with Gasteiger partial charge >= 0.3 is 0 Å². The summed E-state index contributed by atoms with van der Waals surface area (Å²) >= 11 is 0. The number of hydrogen-bond acceptors (Lipinski definition) is 7. The van der Waals surface area contributed by atoms with Crippen molar-refractivity contribution in [2.24, 2.45) is 0 Å². The lowest BCUT2D eigenvalue weighted by Gasteiger charge is -2.40. The Hall–Kier alpha value is -4.51. The van der Waals surface area contributed by atoms with E-state index in [0.29, 0.717) is 34.2 Å². The number of amides is 1. The van der Waals surface area contributed by atoms with Crippen LogP contribution in [0, 0.1) is 0 Å². The summed E-state index contributed by atoms with van der Waals surface area (Å²) in [6, 6.07) is 15.9. The lowest BCUT2D eigenvalue weighted by molar-refractivity contribution is -0.111. The molecular formula is C28H26F3N7O. The molecule has 2 aromatic carbocycles. The Morgan fingerprint density at radius 1 is 1.05 bits per heavy atom. The number of piperazine rings is 1. The van der Waals surface area contributed by atoms with Gasteiger partial charge in [0, 0.05) is 60.0 Å². The van der Waals surface area contributed by atoms with Gasteiger partial charge in [0.25, 0.3) is 0 Å². The van der Waals surface area contributed by atoms with E-state index in [9.17, 15) is 18.0 Å². The van der Waals surface area contributed by atoms with Gasteiger partial charge in [-0.05, 0) is 48.5 Å². The molecule has 1 aliphatic rings. The third-order valence-electron chi connectivity index (χ3n) is 6.42. The molecule has 0 radical (unpaired) electrons. The number of rotatable bonds is 8. The molecule has 0 bridgehead atoms. The SMILES string of the molecule is C=CC(=O)Nc1cccc(-c2nccc3cnc(Nc4ccc(N5CCN(CCF)C(F)C5F)cc4)nc23)c1. The van der Waals surface area contributed by atoms with Crippen LogP contribution in [-0.4, -0.2) is 64.7 Å². The summed E-state index contributed by atoms with van der Waals surface area (Å²) in [5.74, 6) is 0.0103. The molecule has 0 saturated carbocycles. The average Bonchev–Trinajstić information content (AvgIpc) is 2.96. The van der Waals surface area contributed by atoms with Crippen molar-refractivity contribution in [2.45, 2.75) is 12.6 Å². The van der Waals surface area contributed by atoms with Gasteiger partial charge in [0.15, 0.2) is 0 Å². The molecule has 3 heterocycles. The number of anilines is 4. The van der Waals surface area contributed by atoms with Gasteiger partial charge < -0.3 is 15.5 Å². The fraction of sp³-hybridized carbons (Fsp3) is 0.214. The highest BCUT2D eigenvalue weighted by Crippen LogP contribution is 2.30. The number of hydrogen-bond donors (Lipinski definition) is 2. The molecule has 2 atom stereocenters. The Morgan fingerprint density at radius 2 is 1.87 bits per heavy atom. The Kier molecular flexibility index (Phi) is 7.69. The van der Waals surface area contributed by atoms with E-state index in [1.54, 1.807) is 54.9 Å². The molecule has 39 heavy (non-hydrogen) atoms. The highest BCUT2D eigenvalue weighted by atomic mass is 19.2. The number of pyridine rings is 1. The van der Waals surface area contributed by atoms with Crippen LogP contribution in [0.2, 0.25) is 0 Å². The van der Waals surface area contributed by atoms with Crippen molar-refractivity contribution in [1.82, 2.24) is 19.9 Å². The predicted octanol–water partition coefficient (Wildman–Crippen LogP) is 5.24. The van der Waals surface area contributed by atoms with Gasteiger partial charge in [-0.15, -0.1) is 0 Å². The molecule has 1 fully saturated rings. The van der Waals surface area contributed by atoms with E-state index in [0.717, 1.165) is 10.9 Å². The minimum Gasteiger partial charge on any atom is -0.337 e. The van der Waals surface area contributed by atoms with E-state index in [1.807, 2.05) is 12.1 Å². The average molecular weight is 534 g/mol. The van der Waals surface area contributed by atoms with Gasteiger partial charge in [-0.25, -0.2) is 23.1 Å². The second-order valence-corrected chi connectivity index (χ2v) is 8.90. The zero-order chi connectivity index (χ0) is 27.4. The number of aromatic nitrogens is 3. The zero-order valence-corrected chi connectivity index (χ0v) is 20.9. The van der Waals surface area contributed by atoms with Crippen LogP contribution in [0.1, 0.15) is 0 Å². The number of benzene rings is 2. The largest absolute Gasteiger partial charge is 0.337 e. The topological polar surface area (TPSA) is 86.3 Å². The number of fused-ring (bicyclic) bond motifs is 1. The van der Waals surface area contributed by atoms with Crippen molar-refractivity contribution in [1.29, 1.82) is 0 Å². The van der Waals surface area contributed by atoms with Gasteiger partial charge in [0.2, 0.25) is 24.4 Å². The third kappa shape index (κ3) is 5.68. The maximum absolute atomic E-state index is 14.7. The van der Waals surface area contributed by atoms with E-state index in [-0.39, 0.29) is 25.5 Å². The number of carbonyl (C=O) groups excluding carboxylic acids is 1. The van der Waals surface area contributed by atoms with Crippen molar-refractivity contribution in [3.05, 3.63) is 79.6 Å². The summed E-state index contributed by atoms with van der Waals surface area (Å²) in [6.07, 6.45) is 0.768. The van der Waals surface area contributed by atoms with Crippen LogP contribution in [-0.2, 0) is 4.79 Å². The molecule has 2 aromatic heterocycles. The van der Waals surface area contributed by atoms with Gasteiger partial charge in [-0.1, -0.05) is 18.7 Å². The molecule has 2 unspecified atom stereocenters. The summed E-state index contributed by atoms with van der Waals surface area (Å²) in [4.78, 5) is 27.8.